The molecule has 3 rings (SSSR count). The van der Waals surface area contributed by atoms with Crippen molar-refractivity contribution in [3.63, 3.8) is 0 Å². The van der Waals surface area contributed by atoms with Gasteiger partial charge in [-0.25, -0.2) is 0 Å². The van der Waals surface area contributed by atoms with Crippen LogP contribution in [0.5, 0.6) is 11.5 Å². The Hall–Kier alpha value is -2.49. The molecule has 2 aromatic rings. The molecule has 1 unspecified atom stereocenters. The molecular weight excluding hydrogens is 350 g/mol. The first-order valence-electron chi connectivity index (χ1n) is 10.2. The summed E-state index contributed by atoms with van der Waals surface area (Å²) in [5.74, 6) is 2.29. The highest BCUT2D eigenvalue weighted by Gasteiger charge is 2.25. The van der Waals surface area contributed by atoms with Gasteiger partial charge in [0.25, 0.3) is 0 Å². The van der Waals surface area contributed by atoms with Crippen molar-refractivity contribution in [3.8, 4) is 11.5 Å². The van der Waals surface area contributed by atoms with E-state index in [0.717, 1.165) is 31.0 Å². The summed E-state index contributed by atoms with van der Waals surface area (Å²) in [4.78, 5) is 13.7. The average Bonchev–Trinajstić information content (AvgIpc) is 3.10. The summed E-state index contributed by atoms with van der Waals surface area (Å²) < 4.78 is 11.8. The highest BCUT2D eigenvalue weighted by molar-refractivity contribution is 5.76. The minimum absolute atomic E-state index is 0.187. The Bertz CT molecular complexity index is 800. The fourth-order valence-electron chi connectivity index (χ4n) is 3.90. The summed E-state index contributed by atoms with van der Waals surface area (Å²) in [6.45, 7) is 10.4. The minimum Gasteiger partial charge on any atom is -0.494 e. The molecule has 0 amide bonds. The zero-order valence-corrected chi connectivity index (χ0v) is 17.4. The Labute approximate surface area is 168 Å². The lowest BCUT2D eigenvalue weighted by Gasteiger charge is -2.22. The maximum absolute atomic E-state index is 11.3. The Morgan fingerprint density at radius 2 is 1.89 bits per heavy atom. The summed E-state index contributed by atoms with van der Waals surface area (Å²) in [5, 5.41) is 0. The van der Waals surface area contributed by atoms with Gasteiger partial charge in [-0.1, -0.05) is 19.1 Å². The molecule has 28 heavy (non-hydrogen) atoms. The molecule has 2 atom stereocenters. The molecule has 1 saturated heterocycles. The van der Waals surface area contributed by atoms with Crippen molar-refractivity contribution in [2.75, 3.05) is 24.6 Å². The van der Waals surface area contributed by atoms with E-state index in [0.29, 0.717) is 13.0 Å². The summed E-state index contributed by atoms with van der Waals surface area (Å²) in [6, 6.07) is 14.5. The quantitative estimate of drug-likeness (QED) is 0.635. The van der Waals surface area contributed by atoms with Gasteiger partial charge in [0.15, 0.2) is 0 Å². The molecule has 2 aromatic carbocycles. The van der Waals surface area contributed by atoms with E-state index in [-0.39, 0.29) is 17.8 Å². The smallest absolute Gasteiger partial charge is 0.130 e. The van der Waals surface area contributed by atoms with E-state index in [2.05, 4.69) is 43.0 Å². The van der Waals surface area contributed by atoms with Crippen LogP contribution in [0.3, 0.4) is 0 Å². The largest absolute Gasteiger partial charge is 0.494 e. The fraction of sp³-hybridized carbons (Fsp3) is 0.458. The van der Waals surface area contributed by atoms with Crippen LogP contribution in [0, 0.1) is 6.92 Å². The number of Topliss-reactive ketones (excluding diaryl/α,β-unsaturated/α-hetero) is 1. The number of carbonyl (C=O) groups is 1. The number of ketones is 1. The number of anilines is 1. The zero-order valence-electron chi connectivity index (χ0n) is 17.4. The Morgan fingerprint density at radius 1 is 1.18 bits per heavy atom. The first-order valence-corrected chi connectivity index (χ1v) is 10.2. The first kappa shape index (κ1) is 20.2. The molecule has 4 heteroatoms. The number of aryl methyl sites for hydroxylation is 1. The third-order valence-corrected chi connectivity index (χ3v) is 5.31. The number of benzene rings is 2. The number of rotatable bonds is 8. The second kappa shape index (κ2) is 9.13. The van der Waals surface area contributed by atoms with E-state index >= 15 is 0 Å². The maximum atomic E-state index is 11.3. The van der Waals surface area contributed by atoms with E-state index in [1.807, 2.05) is 25.1 Å². The molecule has 0 bridgehead atoms. The van der Waals surface area contributed by atoms with E-state index in [1.165, 1.54) is 16.8 Å². The van der Waals surface area contributed by atoms with Crippen molar-refractivity contribution in [1.82, 2.24) is 0 Å². The highest BCUT2D eigenvalue weighted by atomic mass is 16.5. The van der Waals surface area contributed by atoms with Crippen molar-refractivity contribution in [3.05, 3.63) is 53.6 Å². The van der Waals surface area contributed by atoms with Gasteiger partial charge in [-0.3, -0.25) is 0 Å². The van der Waals surface area contributed by atoms with Crippen LogP contribution in [0.15, 0.2) is 42.5 Å². The Balaban J connectivity index is 1.58. The van der Waals surface area contributed by atoms with Crippen molar-refractivity contribution in [2.24, 2.45) is 0 Å². The van der Waals surface area contributed by atoms with Crippen LogP contribution in [0.1, 0.15) is 50.7 Å². The number of nitrogens with zero attached hydrogens (tertiary/aromatic N) is 1. The normalized spacial score (nSPS) is 17.4. The lowest BCUT2D eigenvalue weighted by Crippen LogP contribution is -2.25. The standard InChI is InChI=1S/C24H31NO3/c1-5-27-22-10-11-24(18(3)15-22)25-13-12-23(16-25)28-21-8-6-20(7-9-21)17(2)14-19(4)26/h6-11,15,17,23H,5,12-14,16H2,1-4H3/t17-,23?/m1/s1. The van der Waals surface area contributed by atoms with Gasteiger partial charge in [0.05, 0.1) is 13.2 Å². The van der Waals surface area contributed by atoms with Crippen LogP contribution >= 0.6 is 0 Å². The molecule has 1 aliphatic heterocycles. The van der Waals surface area contributed by atoms with Crippen LogP contribution in [0.4, 0.5) is 5.69 Å². The maximum Gasteiger partial charge on any atom is 0.130 e. The predicted octanol–water partition coefficient (Wildman–Crippen LogP) is 5.13. The second-order valence-electron chi connectivity index (χ2n) is 7.73. The number of hydrogen-bond donors (Lipinski definition) is 0. The van der Waals surface area contributed by atoms with Crippen molar-refractivity contribution in [2.45, 2.75) is 52.6 Å². The monoisotopic (exact) mass is 381 g/mol. The SMILES string of the molecule is CCOc1ccc(N2CCC(Oc3ccc([C@H](C)CC(C)=O)cc3)C2)c(C)c1. The lowest BCUT2D eigenvalue weighted by atomic mass is 9.96. The summed E-state index contributed by atoms with van der Waals surface area (Å²) in [6.07, 6.45) is 1.78. The molecule has 1 fully saturated rings. The van der Waals surface area contributed by atoms with Gasteiger partial charge in [0.1, 0.15) is 23.4 Å². The Morgan fingerprint density at radius 3 is 2.54 bits per heavy atom. The molecule has 150 valence electrons. The van der Waals surface area contributed by atoms with Gasteiger partial charge in [-0.05, 0) is 68.1 Å². The Kier molecular flexibility index (Phi) is 6.61. The van der Waals surface area contributed by atoms with Crippen molar-refractivity contribution >= 4 is 11.5 Å². The van der Waals surface area contributed by atoms with Gasteiger partial charge < -0.3 is 19.2 Å². The van der Waals surface area contributed by atoms with Crippen molar-refractivity contribution < 1.29 is 14.3 Å². The lowest BCUT2D eigenvalue weighted by molar-refractivity contribution is -0.117. The zero-order chi connectivity index (χ0) is 20.1. The van der Waals surface area contributed by atoms with Crippen LogP contribution in [0.2, 0.25) is 0 Å². The van der Waals surface area contributed by atoms with Crippen molar-refractivity contribution in [1.29, 1.82) is 0 Å². The number of ether oxygens (including phenoxy) is 2. The summed E-state index contributed by atoms with van der Waals surface area (Å²) in [7, 11) is 0. The third-order valence-electron chi connectivity index (χ3n) is 5.31. The summed E-state index contributed by atoms with van der Waals surface area (Å²) in [5.41, 5.74) is 3.67. The molecule has 0 N–H and O–H groups in total. The predicted molar refractivity (Wildman–Crippen MR) is 114 cm³/mol. The molecule has 0 spiro atoms. The highest BCUT2D eigenvalue weighted by Crippen LogP contribution is 2.29. The van der Waals surface area contributed by atoms with E-state index < -0.39 is 0 Å². The van der Waals surface area contributed by atoms with E-state index in [4.69, 9.17) is 9.47 Å². The van der Waals surface area contributed by atoms with Gasteiger partial charge in [0, 0.05) is 25.1 Å². The second-order valence-corrected chi connectivity index (χ2v) is 7.73. The van der Waals surface area contributed by atoms with E-state index in [9.17, 15) is 4.79 Å². The molecule has 4 nitrogen and oxygen atoms in total. The van der Waals surface area contributed by atoms with Gasteiger partial charge in [0.2, 0.25) is 0 Å². The summed E-state index contributed by atoms with van der Waals surface area (Å²) >= 11 is 0. The minimum atomic E-state index is 0.187. The van der Waals surface area contributed by atoms with Crippen LogP contribution in [-0.2, 0) is 4.79 Å². The van der Waals surface area contributed by atoms with Gasteiger partial charge in [-0.15, -0.1) is 0 Å². The van der Waals surface area contributed by atoms with Crippen LogP contribution < -0.4 is 14.4 Å². The molecule has 0 aliphatic carbocycles. The molecule has 0 radical (unpaired) electrons. The molecule has 0 aromatic heterocycles. The molecule has 0 saturated carbocycles. The van der Waals surface area contributed by atoms with Crippen LogP contribution in [-0.4, -0.2) is 31.6 Å². The third kappa shape index (κ3) is 5.06. The fourth-order valence-corrected chi connectivity index (χ4v) is 3.90. The molecular formula is C24H31NO3. The first-order chi connectivity index (χ1) is 13.5. The molecule has 1 aliphatic rings. The number of carbonyl (C=O) groups excluding carboxylic acids is 1. The number of hydrogen-bond acceptors (Lipinski definition) is 4. The van der Waals surface area contributed by atoms with E-state index in [1.54, 1.807) is 6.92 Å². The van der Waals surface area contributed by atoms with Crippen LogP contribution in [0.25, 0.3) is 0 Å². The molecule has 1 heterocycles. The topological polar surface area (TPSA) is 38.8 Å². The van der Waals surface area contributed by atoms with Gasteiger partial charge in [-0.2, -0.15) is 0 Å². The van der Waals surface area contributed by atoms with Gasteiger partial charge >= 0.3 is 0 Å². The average molecular weight is 382 g/mol.